The number of imide groups is 1. The highest BCUT2D eigenvalue weighted by Gasteiger charge is 2.36. The zero-order valence-corrected chi connectivity index (χ0v) is 15.8. The molecule has 0 radical (unpaired) electrons. The molecule has 0 saturated heterocycles. The smallest absolute Gasteiger partial charge is 0.338 e. The SMILES string of the molecule is O=C(COC(=O)c1ccc2c(c1)C(=O)N(Cc1cccnc1)C2=O)c1ccccc1. The summed E-state index contributed by atoms with van der Waals surface area (Å²) in [6.45, 7) is -0.328. The molecule has 0 saturated carbocycles. The number of carbonyl (C=O) groups is 4. The first-order valence-corrected chi connectivity index (χ1v) is 9.19. The highest BCUT2D eigenvalue weighted by molar-refractivity contribution is 6.21. The number of esters is 1. The fraction of sp³-hybridized carbons (Fsp3) is 0.0870. The highest BCUT2D eigenvalue weighted by atomic mass is 16.5. The third kappa shape index (κ3) is 3.73. The van der Waals surface area contributed by atoms with Crippen molar-refractivity contribution < 1.29 is 23.9 Å². The minimum Gasteiger partial charge on any atom is -0.454 e. The Bertz CT molecular complexity index is 1140. The monoisotopic (exact) mass is 400 g/mol. The number of Topliss-reactive ketones (excluding diaryl/α,β-unsaturated/α-hetero) is 1. The minimum absolute atomic E-state index is 0.0888. The summed E-state index contributed by atoms with van der Waals surface area (Å²) in [4.78, 5) is 54.8. The molecule has 2 heterocycles. The Labute approximate surface area is 171 Å². The van der Waals surface area contributed by atoms with Gasteiger partial charge >= 0.3 is 5.97 Å². The Hall–Kier alpha value is -4.13. The van der Waals surface area contributed by atoms with E-state index in [0.717, 1.165) is 4.90 Å². The fourth-order valence-electron chi connectivity index (χ4n) is 3.16. The summed E-state index contributed by atoms with van der Waals surface area (Å²) < 4.78 is 5.08. The van der Waals surface area contributed by atoms with E-state index in [1.807, 2.05) is 0 Å². The number of hydrogen-bond donors (Lipinski definition) is 0. The number of pyridine rings is 1. The number of ether oxygens (including phenoxy) is 1. The number of aromatic nitrogens is 1. The second-order valence-electron chi connectivity index (χ2n) is 6.68. The molecule has 4 rings (SSSR count). The average molecular weight is 400 g/mol. The fourth-order valence-corrected chi connectivity index (χ4v) is 3.16. The standard InChI is InChI=1S/C23H16N2O5/c26-20(16-6-2-1-3-7-16)14-30-23(29)17-8-9-18-19(11-17)22(28)25(21(18)27)13-15-5-4-10-24-12-15/h1-12H,13-14H2. The van der Waals surface area contributed by atoms with E-state index in [-0.39, 0.29) is 29.0 Å². The maximum absolute atomic E-state index is 12.7. The molecule has 7 nitrogen and oxygen atoms in total. The molecule has 0 bridgehead atoms. The van der Waals surface area contributed by atoms with Gasteiger partial charge in [-0.1, -0.05) is 36.4 Å². The number of nitrogens with zero attached hydrogens (tertiary/aromatic N) is 2. The minimum atomic E-state index is -0.743. The van der Waals surface area contributed by atoms with Crippen molar-refractivity contribution in [1.29, 1.82) is 0 Å². The van der Waals surface area contributed by atoms with Gasteiger partial charge in [0, 0.05) is 18.0 Å². The van der Waals surface area contributed by atoms with Crippen LogP contribution < -0.4 is 0 Å². The van der Waals surface area contributed by atoms with Crippen molar-refractivity contribution in [1.82, 2.24) is 9.88 Å². The lowest BCUT2D eigenvalue weighted by Gasteiger charge is -2.13. The van der Waals surface area contributed by atoms with Crippen LogP contribution in [0.15, 0.2) is 73.1 Å². The van der Waals surface area contributed by atoms with Gasteiger partial charge in [0.2, 0.25) is 0 Å². The number of ketones is 1. The van der Waals surface area contributed by atoms with Gasteiger partial charge in [-0.25, -0.2) is 4.79 Å². The van der Waals surface area contributed by atoms with Crippen LogP contribution in [0.4, 0.5) is 0 Å². The van der Waals surface area contributed by atoms with Gasteiger partial charge in [-0.15, -0.1) is 0 Å². The van der Waals surface area contributed by atoms with Crippen LogP contribution in [0, 0.1) is 0 Å². The van der Waals surface area contributed by atoms with Crippen LogP contribution in [-0.4, -0.2) is 40.1 Å². The van der Waals surface area contributed by atoms with E-state index < -0.39 is 24.4 Å². The molecule has 2 amide bonds. The van der Waals surface area contributed by atoms with Crippen molar-refractivity contribution >= 4 is 23.6 Å². The molecular formula is C23H16N2O5. The zero-order chi connectivity index (χ0) is 21.1. The molecule has 0 fully saturated rings. The summed E-state index contributed by atoms with van der Waals surface area (Å²) in [5.41, 5.74) is 1.60. The van der Waals surface area contributed by atoms with Crippen molar-refractivity contribution in [2.75, 3.05) is 6.61 Å². The number of benzene rings is 2. The van der Waals surface area contributed by atoms with E-state index >= 15 is 0 Å². The second-order valence-corrected chi connectivity index (χ2v) is 6.68. The topological polar surface area (TPSA) is 93.6 Å². The Balaban J connectivity index is 1.47. The van der Waals surface area contributed by atoms with Crippen molar-refractivity contribution in [2.45, 2.75) is 6.54 Å². The molecule has 1 aromatic heterocycles. The van der Waals surface area contributed by atoms with Crippen molar-refractivity contribution in [3.05, 3.63) is 101 Å². The first-order valence-electron chi connectivity index (χ1n) is 9.19. The molecule has 0 aliphatic carbocycles. The Morgan fingerprint density at radius 1 is 0.867 bits per heavy atom. The molecule has 0 spiro atoms. The summed E-state index contributed by atoms with van der Waals surface area (Å²) >= 11 is 0. The predicted octanol–water partition coefficient (Wildman–Crippen LogP) is 2.92. The Morgan fingerprint density at radius 3 is 2.37 bits per heavy atom. The molecule has 7 heteroatoms. The van der Waals surface area contributed by atoms with E-state index in [0.29, 0.717) is 11.1 Å². The summed E-state index contributed by atoms with van der Waals surface area (Å²) in [7, 11) is 0. The molecule has 148 valence electrons. The van der Waals surface area contributed by atoms with Gasteiger partial charge in [0.1, 0.15) is 0 Å². The summed E-state index contributed by atoms with van der Waals surface area (Å²) in [6, 6.07) is 16.1. The number of rotatable bonds is 6. The Morgan fingerprint density at radius 2 is 1.63 bits per heavy atom. The lowest BCUT2D eigenvalue weighted by Crippen LogP contribution is -2.29. The quantitative estimate of drug-likeness (QED) is 0.359. The molecule has 2 aromatic carbocycles. The summed E-state index contributed by atoms with van der Waals surface area (Å²) in [5, 5.41) is 0. The van der Waals surface area contributed by atoms with Crippen LogP contribution in [0.2, 0.25) is 0 Å². The molecular weight excluding hydrogens is 384 g/mol. The Kier molecular flexibility index (Phi) is 5.17. The number of fused-ring (bicyclic) bond motifs is 1. The average Bonchev–Trinajstić information content (AvgIpc) is 3.03. The lowest BCUT2D eigenvalue weighted by molar-refractivity contribution is 0.0474. The molecule has 0 atom stereocenters. The van der Waals surface area contributed by atoms with Crippen molar-refractivity contribution in [2.24, 2.45) is 0 Å². The first-order chi connectivity index (χ1) is 14.5. The van der Waals surface area contributed by atoms with E-state index in [4.69, 9.17) is 4.74 Å². The maximum atomic E-state index is 12.7. The summed E-state index contributed by atoms with van der Waals surface area (Å²) in [5.74, 6) is -2.00. The third-order valence-electron chi connectivity index (χ3n) is 4.70. The van der Waals surface area contributed by atoms with Gasteiger partial charge in [-0.3, -0.25) is 24.3 Å². The molecule has 3 aromatic rings. The summed E-state index contributed by atoms with van der Waals surface area (Å²) in [6.07, 6.45) is 3.18. The zero-order valence-electron chi connectivity index (χ0n) is 15.8. The second kappa shape index (κ2) is 8.08. The van der Waals surface area contributed by atoms with Crippen LogP contribution >= 0.6 is 0 Å². The van der Waals surface area contributed by atoms with Gasteiger partial charge in [0.15, 0.2) is 12.4 Å². The molecule has 1 aliphatic rings. The molecule has 1 aliphatic heterocycles. The van der Waals surface area contributed by atoms with Crippen LogP contribution in [0.5, 0.6) is 0 Å². The molecule has 30 heavy (non-hydrogen) atoms. The normalized spacial score (nSPS) is 12.6. The van der Waals surface area contributed by atoms with Gasteiger partial charge in [0.05, 0.1) is 23.2 Å². The first kappa shape index (κ1) is 19.2. The van der Waals surface area contributed by atoms with Crippen molar-refractivity contribution in [3.8, 4) is 0 Å². The maximum Gasteiger partial charge on any atom is 0.338 e. The largest absolute Gasteiger partial charge is 0.454 e. The van der Waals surface area contributed by atoms with Crippen LogP contribution in [0.1, 0.15) is 47.0 Å². The van der Waals surface area contributed by atoms with Gasteiger partial charge in [-0.2, -0.15) is 0 Å². The van der Waals surface area contributed by atoms with Gasteiger partial charge in [-0.05, 0) is 29.8 Å². The van der Waals surface area contributed by atoms with E-state index in [9.17, 15) is 19.2 Å². The lowest BCUT2D eigenvalue weighted by atomic mass is 10.1. The third-order valence-corrected chi connectivity index (χ3v) is 4.70. The number of amides is 2. The van der Waals surface area contributed by atoms with Gasteiger partial charge in [0.25, 0.3) is 11.8 Å². The van der Waals surface area contributed by atoms with E-state index in [1.165, 1.54) is 18.2 Å². The van der Waals surface area contributed by atoms with E-state index in [2.05, 4.69) is 4.98 Å². The highest BCUT2D eigenvalue weighted by Crippen LogP contribution is 2.26. The van der Waals surface area contributed by atoms with Crippen LogP contribution in [-0.2, 0) is 11.3 Å². The van der Waals surface area contributed by atoms with Crippen molar-refractivity contribution in [3.63, 3.8) is 0 Å². The predicted molar refractivity (Wildman–Crippen MR) is 106 cm³/mol. The van der Waals surface area contributed by atoms with Gasteiger partial charge < -0.3 is 4.74 Å². The number of carbonyl (C=O) groups excluding carboxylic acids is 4. The molecule has 0 N–H and O–H groups in total. The van der Waals surface area contributed by atoms with Crippen LogP contribution in [0.3, 0.4) is 0 Å². The number of hydrogen-bond acceptors (Lipinski definition) is 6. The van der Waals surface area contributed by atoms with E-state index in [1.54, 1.807) is 54.9 Å². The molecule has 0 unspecified atom stereocenters. The van der Waals surface area contributed by atoms with Crippen LogP contribution in [0.25, 0.3) is 0 Å².